The number of nitrogens with one attached hydrogen (secondary N) is 1. The largest absolute Gasteiger partial charge is 0.341 e. The highest BCUT2D eigenvalue weighted by atomic mass is 35.5. The van der Waals surface area contributed by atoms with Gasteiger partial charge in [0.15, 0.2) is 0 Å². The number of hydrogen-bond donors (Lipinski definition) is 1. The Bertz CT molecular complexity index is 306. The van der Waals surface area contributed by atoms with Crippen LogP contribution in [0.5, 0.6) is 0 Å². The zero-order valence-corrected chi connectivity index (χ0v) is 13.5. The summed E-state index contributed by atoms with van der Waals surface area (Å²) in [6, 6.07) is 0.565. The van der Waals surface area contributed by atoms with Crippen molar-refractivity contribution in [2.45, 2.75) is 57.9 Å². The van der Waals surface area contributed by atoms with Crippen LogP contribution in [0.15, 0.2) is 0 Å². The van der Waals surface area contributed by atoms with E-state index in [2.05, 4.69) is 17.1 Å². The number of fused-ring (bicyclic) bond motifs is 4. The van der Waals surface area contributed by atoms with Gasteiger partial charge in [0.25, 0.3) is 0 Å². The molecule has 3 aliphatic heterocycles. The number of piperidine rings is 1. The van der Waals surface area contributed by atoms with Gasteiger partial charge in [0.05, 0.1) is 0 Å². The van der Waals surface area contributed by atoms with Gasteiger partial charge in [-0.2, -0.15) is 0 Å². The molecule has 0 aromatic rings. The van der Waals surface area contributed by atoms with E-state index in [0.717, 1.165) is 38.4 Å². The number of hydrogen-bond acceptors (Lipinski definition) is 2. The Kier molecular flexibility index (Phi) is 5.74. The van der Waals surface area contributed by atoms with Crippen LogP contribution >= 0.6 is 12.4 Å². The predicted octanol–water partition coefficient (Wildman–Crippen LogP) is 2.84. The molecule has 0 aromatic heterocycles. The summed E-state index contributed by atoms with van der Waals surface area (Å²) >= 11 is 0. The zero-order valence-electron chi connectivity index (χ0n) is 12.6. The standard InChI is InChI=1S/C16H28N2O.ClH/c1-2-12-3-6-14(7-4-12)16(19)18-10-13-5-8-15(11-18)17-9-13;/h12-15,17H,2-11H2,1H3;1H/t12?,13-,14?,15-;/m0./s1. The fraction of sp³-hybridized carbons (Fsp3) is 0.938. The highest BCUT2D eigenvalue weighted by Crippen LogP contribution is 2.32. The van der Waals surface area contributed by atoms with E-state index in [1.54, 1.807) is 0 Å². The van der Waals surface area contributed by atoms with Crippen LogP contribution in [0, 0.1) is 17.8 Å². The maximum Gasteiger partial charge on any atom is 0.225 e. The van der Waals surface area contributed by atoms with Gasteiger partial charge in [-0.25, -0.2) is 0 Å². The summed E-state index contributed by atoms with van der Waals surface area (Å²) in [5.41, 5.74) is 0. The first-order chi connectivity index (χ1) is 9.26. The highest BCUT2D eigenvalue weighted by Gasteiger charge is 2.35. The lowest BCUT2D eigenvalue weighted by atomic mass is 9.80. The molecule has 2 atom stereocenters. The van der Waals surface area contributed by atoms with E-state index < -0.39 is 0 Å². The Hall–Kier alpha value is -0.280. The van der Waals surface area contributed by atoms with Crippen LogP contribution in [0.4, 0.5) is 0 Å². The van der Waals surface area contributed by atoms with Crippen LogP contribution < -0.4 is 5.32 Å². The highest BCUT2D eigenvalue weighted by molar-refractivity contribution is 5.85. The smallest absolute Gasteiger partial charge is 0.225 e. The molecule has 4 fully saturated rings. The first-order valence-corrected chi connectivity index (χ1v) is 8.28. The Morgan fingerprint density at radius 3 is 2.45 bits per heavy atom. The average molecular weight is 301 g/mol. The molecule has 20 heavy (non-hydrogen) atoms. The van der Waals surface area contributed by atoms with E-state index in [0.29, 0.717) is 23.8 Å². The zero-order chi connectivity index (χ0) is 13.2. The third-order valence-corrected chi connectivity index (χ3v) is 5.62. The molecule has 0 aromatic carbocycles. The number of carbonyl (C=O) groups excluding carboxylic acids is 1. The Morgan fingerprint density at radius 2 is 1.85 bits per heavy atom. The lowest BCUT2D eigenvalue weighted by Crippen LogP contribution is -2.43. The lowest BCUT2D eigenvalue weighted by Gasteiger charge is -2.32. The molecule has 4 aliphatic rings. The van der Waals surface area contributed by atoms with Crippen molar-refractivity contribution in [2.24, 2.45) is 17.8 Å². The second-order valence-corrected chi connectivity index (χ2v) is 6.92. The maximum absolute atomic E-state index is 12.7. The van der Waals surface area contributed by atoms with E-state index >= 15 is 0 Å². The van der Waals surface area contributed by atoms with Crippen molar-refractivity contribution in [3.8, 4) is 0 Å². The average Bonchev–Trinajstić information content (AvgIpc) is 2.80. The minimum absolute atomic E-state index is 0. The van der Waals surface area contributed by atoms with Gasteiger partial charge < -0.3 is 10.2 Å². The summed E-state index contributed by atoms with van der Waals surface area (Å²) in [4.78, 5) is 14.9. The number of amides is 1. The normalized spacial score (nSPS) is 37.1. The number of halogens is 1. The molecule has 3 saturated heterocycles. The van der Waals surface area contributed by atoms with E-state index in [1.165, 1.54) is 32.1 Å². The van der Waals surface area contributed by atoms with Gasteiger partial charge in [-0.3, -0.25) is 4.79 Å². The SMILES string of the molecule is CCC1CCC(C(=O)N2C[C@H]3CC[C@@H](C2)NC3)CC1.Cl. The molecular formula is C16H29ClN2O. The third kappa shape index (κ3) is 3.48. The summed E-state index contributed by atoms with van der Waals surface area (Å²) in [6.07, 6.45) is 8.67. The van der Waals surface area contributed by atoms with Crippen molar-refractivity contribution >= 4 is 18.3 Å². The van der Waals surface area contributed by atoms with Gasteiger partial charge in [0.2, 0.25) is 5.91 Å². The quantitative estimate of drug-likeness (QED) is 0.850. The van der Waals surface area contributed by atoms with Crippen LogP contribution in [-0.2, 0) is 4.79 Å². The van der Waals surface area contributed by atoms with Crippen LogP contribution in [0.2, 0.25) is 0 Å². The molecule has 2 bridgehead atoms. The Morgan fingerprint density at radius 1 is 1.10 bits per heavy atom. The minimum Gasteiger partial charge on any atom is -0.341 e. The Labute approximate surface area is 129 Å². The van der Waals surface area contributed by atoms with Crippen molar-refractivity contribution in [3.63, 3.8) is 0 Å². The molecule has 0 unspecified atom stereocenters. The van der Waals surface area contributed by atoms with E-state index in [4.69, 9.17) is 0 Å². The predicted molar refractivity (Wildman–Crippen MR) is 84.1 cm³/mol. The summed E-state index contributed by atoms with van der Waals surface area (Å²) in [5.74, 6) is 2.39. The number of nitrogens with zero attached hydrogens (tertiary/aromatic N) is 1. The van der Waals surface area contributed by atoms with Crippen molar-refractivity contribution in [1.29, 1.82) is 0 Å². The van der Waals surface area contributed by atoms with E-state index in [-0.39, 0.29) is 12.4 Å². The molecule has 0 radical (unpaired) electrons. The second kappa shape index (κ2) is 7.13. The summed E-state index contributed by atoms with van der Waals surface area (Å²) in [7, 11) is 0. The van der Waals surface area contributed by atoms with Gasteiger partial charge in [-0.1, -0.05) is 13.3 Å². The van der Waals surface area contributed by atoms with E-state index in [1.807, 2.05) is 0 Å². The molecule has 4 rings (SSSR count). The summed E-state index contributed by atoms with van der Waals surface area (Å²) in [6.45, 7) is 5.38. The fourth-order valence-electron chi connectivity index (χ4n) is 4.19. The Balaban J connectivity index is 0.00000147. The van der Waals surface area contributed by atoms with Crippen LogP contribution in [0.1, 0.15) is 51.9 Å². The van der Waals surface area contributed by atoms with Crippen molar-refractivity contribution in [2.75, 3.05) is 19.6 Å². The molecule has 4 heteroatoms. The van der Waals surface area contributed by atoms with Crippen LogP contribution in [0.25, 0.3) is 0 Å². The van der Waals surface area contributed by atoms with E-state index in [9.17, 15) is 4.79 Å². The van der Waals surface area contributed by atoms with Gasteiger partial charge in [0, 0.05) is 25.0 Å². The number of rotatable bonds is 2. The molecule has 3 nitrogen and oxygen atoms in total. The molecular weight excluding hydrogens is 272 g/mol. The fourth-order valence-corrected chi connectivity index (χ4v) is 4.19. The summed E-state index contributed by atoms with van der Waals surface area (Å²) < 4.78 is 0. The third-order valence-electron chi connectivity index (χ3n) is 5.62. The molecule has 1 N–H and O–H groups in total. The van der Waals surface area contributed by atoms with Gasteiger partial charge >= 0.3 is 0 Å². The first-order valence-electron chi connectivity index (χ1n) is 8.28. The summed E-state index contributed by atoms with van der Waals surface area (Å²) in [5, 5.41) is 3.59. The van der Waals surface area contributed by atoms with Gasteiger partial charge in [0.1, 0.15) is 0 Å². The lowest BCUT2D eigenvalue weighted by molar-refractivity contribution is -0.137. The van der Waals surface area contributed by atoms with Crippen molar-refractivity contribution in [3.05, 3.63) is 0 Å². The topological polar surface area (TPSA) is 32.3 Å². The first kappa shape index (κ1) is 16.1. The number of carbonyl (C=O) groups is 1. The molecule has 1 saturated carbocycles. The van der Waals surface area contributed by atoms with Gasteiger partial charge in [-0.15, -0.1) is 12.4 Å². The van der Waals surface area contributed by atoms with Crippen LogP contribution in [0.3, 0.4) is 0 Å². The van der Waals surface area contributed by atoms with Crippen molar-refractivity contribution in [1.82, 2.24) is 10.2 Å². The maximum atomic E-state index is 12.7. The molecule has 3 heterocycles. The monoisotopic (exact) mass is 300 g/mol. The second-order valence-electron chi connectivity index (χ2n) is 6.92. The molecule has 1 aliphatic carbocycles. The molecule has 0 spiro atoms. The molecule has 1 amide bonds. The van der Waals surface area contributed by atoms with Crippen LogP contribution in [-0.4, -0.2) is 36.5 Å². The van der Waals surface area contributed by atoms with Gasteiger partial charge in [-0.05, 0) is 56.9 Å². The molecule has 116 valence electrons. The minimum atomic E-state index is 0. The van der Waals surface area contributed by atoms with Crippen molar-refractivity contribution < 1.29 is 4.79 Å².